The van der Waals surface area contributed by atoms with Crippen LogP contribution in [0.4, 0.5) is 16.2 Å². The molecule has 1 saturated heterocycles. The first-order valence-electron chi connectivity index (χ1n) is 7.20. The molecule has 1 N–H and O–H groups in total. The molecule has 126 valence electrons. The second-order valence-electron chi connectivity index (χ2n) is 5.18. The number of hydrogen-bond donors (Lipinski definition) is 1. The van der Waals surface area contributed by atoms with E-state index in [0.29, 0.717) is 11.4 Å². The number of nitrogens with zero attached hydrogens (tertiary/aromatic N) is 2. The average Bonchev–Trinajstić information content (AvgIpc) is 2.57. The number of carbonyl (C=O) groups excluding carboxylic acids is 3. The number of halogens is 2. The number of barbiturate groups is 1. The molecule has 25 heavy (non-hydrogen) atoms. The molecule has 4 amide bonds. The van der Waals surface area contributed by atoms with Gasteiger partial charge in [0.05, 0.1) is 11.4 Å². The smallest absolute Gasteiger partial charge is 0.276 e. The van der Waals surface area contributed by atoms with E-state index in [9.17, 15) is 14.4 Å². The minimum absolute atomic E-state index is 0.375. The molecule has 2 aromatic carbocycles. The number of anilines is 1. The molecule has 0 radical (unpaired) electrons. The SMILES string of the molecule is O=C1NC(=O)N(c2ccc(Br)cc2)C(=O)[C@@H]1C=Nc1ccc(Br)cc1. The van der Waals surface area contributed by atoms with E-state index in [1.807, 2.05) is 0 Å². The summed E-state index contributed by atoms with van der Waals surface area (Å²) in [4.78, 5) is 41.8. The van der Waals surface area contributed by atoms with Crippen molar-refractivity contribution < 1.29 is 14.4 Å². The van der Waals surface area contributed by atoms with Crippen molar-refractivity contribution in [3.63, 3.8) is 0 Å². The summed E-state index contributed by atoms with van der Waals surface area (Å²) in [5, 5.41) is 2.19. The molecule has 0 unspecified atom stereocenters. The first-order chi connectivity index (χ1) is 12.0. The Morgan fingerprint density at radius 3 is 2.08 bits per heavy atom. The molecule has 6 nitrogen and oxygen atoms in total. The third-order valence-corrected chi connectivity index (χ3v) is 4.54. The van der Waals surface area contributed by atoms with E-state index in [0.717, 1.165) is 13.8 Å². The lowest BCUT2D eigenvalue weighted by Gasteiger charge is -2.28. The van der Waals surface area contributed by atoms with Gasteiger partial charge in [-0.25, -0.2) is 9.69 Å². The van der Waals surface area contributed by atoms with E-state index in [1.54, 1.807) is 48.5 Å². The fraction of sp³-hybridized carbons (Fsp3) is 0.0588. The van der Waals surface area contributed by atoms with E-state index in [2.05, 4.69) is 42.2 Å². The quantitative estimate of drug-likeness (QED) is 0.554. The fourth-order valence-electron chi connectivity index (χ4n) is 2.24. The van der Waals surface area contributed by atoms with Gasteiger partial charge in [-0.05, 0) is 48.5 Å². The van der Waals surface area contributed by atoms with Gasteiger partial charge in [-0.1, -0.05) is 31.9 Å². The van der Waals surface area contributed by atoms with Crippen molar-refractivity contribution in [3.05, 3.63) is 57.5 Å². The number of hydrogen-bond acceptors (Lipinski definition) is 4. The van der Waals surface area contributed by atoms with Crippen LogP contribution in [0.1, 0.15) is 0 Å². The lowest BCUT2D eigenvalue weighted by Crippen LogP contribution is -2.58. The van der Waals surface area contributed by atoms with Gasteiger partial charge in [-0.2, -0.15) is 0 Å². The van der Waals surface area contributed by atoms with Crippen LogP contribution < -0.4 is 10.2 Å². The van der Waals surface area contributed by atoms with Crippen LogP contribution in [0.5, 0.6) is 0 Å². The number of benzene rings is 2. The van der Waals surface area contributed by atoms with E-state index in [-0.39, 0.29) is 0 Å². The highest BCUT2D eigenvalue weighted by atomic mass is 79.9. The van der Waals surface area contributed by atoms with Crippen LogP contribution in [0.25, 0.3) is 0 Å². The van der Waals surface area contributed by atoms with Crippen molar-refractivity contribution in [2.45, 2.75) is 0 Å². The number of urea groups is 1. The summed E-state index contributed by atoms with van der Waals surface area (Å²) >= 11 is 6.61. The van der Waals surface area contributed by atoms with Crippen LogP contribution in [0.2, 0.25) is 0 Å². The molecular formula is C17H11Br2N3O3. The normalized spacial score (nSPS) is 17.9. The molecule has 1 aliphatic rings. The molecule has 0 aliphatic carbocycles. The van der Waals surface area contributed by atoms with Crippen molar-refractivity contribution in [2.24, 2.45) is 10.9 Å². The summed E-state index contributed by atoms with van der Waals surface area (Å²) in [6.45, 7) is 0. The molecule has 0 saturated carbocycles. The van der Waals surface area contributed by atoms with E-state index >= 15 is 0 Å². The van der Waals surface area contributed by atoms with Gasteiger partial charge in [0.15, 0.2) is 5.92 Å². The summed E-state index contributed by atoms with van der Waals surface area (Å²) < 4.78 is 1.70. The lowest BCUT2D eigenvalue weighted by atomic mass is 10.1. The van der Waals surface area contributed by atoms with E-state index in [4.69, 9.17) is 0 Å². The molecule has 1 fully saturated rings. The highest BCUT2D eigenvalue weighted by Gasteiger charge is 2.40. The number of aliphatic imine (C=N–C) groups is 1. The number of nitrogens with one attached hydrogen (secondary N) is 1. The second-order valence-corrected chi connectivity index (χ2v) is 7.01. The standard InChI is InChI=1S/C17H11Br2N3O3/c18-10-1-5-12(6-2-10)20-9-14-15(23)21-17(25)22(16(14)24)13-7-3-11(19)4-8-13/h1-9,14H,(H,21,23,25)/t14-/m1/s1. The molecule has 0 spiro atoms. The third-order valence-electron chi connectivity index (χ3n) is 3.49. The van der Waals surface area contributed by atoms with Gasteiger partial charge >= 0.3 is 6.03 Å². The number of rotatable bonds is 3. The van der Waals surface area contributed by atoms with Crippen LogP contribution in [-0.2, 0) is 9.59 Å². The van der Waals surface area contributed by atoms with Crippen LogP contribution in [-0.4, -0.2) is 24.1 Å². The van der Waals surface area contributed by atoms with Gasteiger partial charge in [0, 0.05) is 15.2 Å². The van der Waals surface area contributed by atoms with Crippen LogP contribution in [0, 0.1) is 5.92 Å². The lowest BCUT2D eigenvalue weighted by molar-refractivity contribution is -0.131. The van der Waals surface area contributed by atoms with Gasteiger partial charge in [0.1, 0.15) is 0 Å². The van der Waals surface area contributed by atoms with Crippen LogP contribution >= 0.6 is 31.9 Å². The Morgan fingerprint density at radius 2 is 1.48 bits per heavy atom. The van der Waals surface area contributed by atoms with Crippen molar-refractivity contribution in [1.29, 1.82) is 0 Å². The Labute approximate surface area is 160 Å². The van der Waals surface area contributed by atoms with E-state index in [1.165, 1.54) is 6.21 Å². The molecule has 1 atom stereocenters. The summed E-state index contributed by atoms with van der Waals surface area (Å²) in [5.41, 5.74) is 0.969. The van der Waals surface area contributed by atoms with Gasteiger partial charge < -0.3 is 0 Å². The van der Waals surface area contributed by atoms with Gasteiger partial charge in [-0.15, -0.1) is 0 Å². The summed E-state index contributed by atoms with van der Waals surface area (Å²) in [7, 11) is 0. The largest absolute Gasteiger partial charge is 0.335 e. The molecule has 3 rings (SSSR count). The van der Waals surface area contributed by atoms with Crippen molar-refractivity contribution in [1.82, 2.24) is 5.32 Å². The Bertz CT molecular complexity index is 864. The van der Waals surface area contributed by atoms with Gasteiger partial charge in [-0.3, -0.25) is 19.9 Å². The maximum absolute atomic E-state index is 12.6. The fourth-order valence-corrected chi connectivity index (χ4v) is 2.77. The first-order valence-corrected chi connectivity index (χ1v) is 8.78. The molecule has 1 aliphatic heterocycles. The third kappa shape index (κ3) is 3.85. The summed E-state index contributed by atoms with van der Waals surface area (Å²) in [6, 6.07) is 12.9. The summed E-state index contributed by atoms with van der Waals surface area (Å²) in [6.07, 6.45) is 1.25. The molecule has 8 heteroatoms. The predicted octanol–water partition coefficient (Wildman–Crippen LogP) is 3.81. The monoisotopic (exact) mass is 463 g/mol. The number of carbonyl (C=O) groups is 3. The zero-order valence-corrected chi connectivity index (χ0v) is 15.8. The topological polar surface area (TPSA) is 78.8 Å². The minimum Gasteiger partial charge on any atom is -0.276 e. The zero-order chi connectivity index (χ0) is 18.0. The first kappa shape index (κ1) is 17.5. The number of imide groups is 2. The Balaban J connectivity index is 1.87. The van der Waals surface area contributed by atoms with Crippen molar-refractivity contribution in [3.8, 4) is 0 Å². The molecule has 2 aromatic rings. The number of amides is 4. The molecule has 1 heterocycles. The molecule has 0 bridgehead atoms. The van der Waals surface area contributed by atoms with Crippen LogP contribution in [0.3, 0.4) is 0 Å². The molecular weight excluding hydrogens is 454 g/mol. The highest BCUT2D eigenvalue weighted by Crippen LogP contribution is 2.23. The van der Waals surface area contributed by atoms with E-state index < -0.39 is 23.8 Å². The maximum Gasteiger partial charge on any atom is 0.335 e. The zero-order valence-electron chi connectivity index (χ0n) is 12.6. The Kier molecular flexibility index (Phi) is 5.10. The van der Waals surface area contributed by atoms with Gasteiger partial charge in [0.25, 0.3) is 5.91 Å². The second kappa shape index (κ2) is 7.28. The van der Waals surface area contributed by atoms with Crippen LogP contribution in [0.15, 0.2) is 62.5 Å². The van der Waals surface area contributed by atoms with Crippen molar-refractivity contribution in [2.75, 3.05) is 4.90 Å². The Morgan fingerprint density at radius 1 is 0.920 bits per heavy atom. The highest BCUT2D eigenvalue weighted by molar-refractivity contribution is 9.10. The van der Waals surface area contributed by atoms with Gasteiger partial charge in [0.2, 0.25) is 5.91 Å². The molecule has 0 aromatic heterocycles. The Hall–Kier alpha value is -2.32. The minimum atomic E-state index is -1.18. The van der Waals surface area contributed by atoms with Crippen molar-refractivity contribution >= 4 is 67.3 Å². The summed E-state index contributed by atoms with van der Waals surface area (Å²) in [5.74, 6) is -2.51. The average molecular weight is 465 g/mol. The maximum atomic E-state index is 12.6. The predicted molar refractivity (Wildman–Crippen MR) is 101 cm³/mol.